The second-order valence-corrected chi connectivity index (χ2v) is 3.31. The van der Waals surface area contributed by atoms with Gasteiger partial charge in [-0.1, -0.05) is 12.1 Å². The van der Waals surface area contributed by atoms with Crippen molar-refractivity contribution in [3.63, 3.8) is 0 Å². The number of hydrogen-bond donors (Lipinski definition) is 2. The molecular formula is C11H16F2IN3O. The van der Waals surface area contributed by atoms with E-state index in [4.69, 9.17) is 10.5 Å². The standard InChI is InChI=1S/C11H15F2N3O.HI/c1-15-11(14)16-6-8-3-2-4-9(5-8)17-7-10(12)13;/h2-5,10H,6-7H2,1H3,(H3,14,15,16);1H. The molecule has 0 aromatic heterocycles. The molecule has 1 aromatic carbocycles. The van der Waals surface area contributed by atoms with Crippen LogP contribution in [0.3, 0.4) is 0 Å². The molecule has 3 N–H and O–H groups in total. The molecule has 0 saturated heterocycles. The number of rotatable bonds is 5. The average Bonchev–Trinajstić information content (AvgIpc) is 2.34. The monoisotopic (exact) mass is 371 g/mol. The minimum atomic E-state index is -2.47. The summed E-state index contributed by atoms with van der Waals surface area (Å²) in [6, 6.07) is 6.88. The summed E-state index contributed by atoms with van der Waals surface area (Å²) >= 11 is 0. The van der Waals surface area contributed by atoms with E-state index in [2.05, 4.69) is 10.3 Å². The quantitative estimate of drug-likeness (QED) is 0.473. The Bertz CT molecular complexity index is 388. The molecule has 102 valence electrons. The lowest BCUT2D eigenvalue weighted by atomic mass is 10.2. The third kappa shape index (κ3) is 6.58. The Morgan fingerprint density at radius 3 is 2.83 bits per heavy atom. The van der Waals surface area contributed by atoms with Gasteiger partial charge in [-0.3, -0.25) is 4.99 Å². The van der Waals surface area contributed by atoms with Crippen molar-refractivity contribution in [2.24, 2.45) is 10.7 Å². The van der Waals surface area contributed by atoms with Gasteiger partial charge >= 0.3 is 0 Å². The molecule has 0 fully saturated rings. The maximum atomic E-state index is 12.0. The van der Waals surface area contributed by atoms with Crippen molar-refractivity contribution in [1.82, 2.24) is 5.32 Å². The highest BCUT2D eigenvalue weighted by molar-refractivity contribution is 14.0. The Morgan fingerprint density at radius 1 is 1.50 bits per heavy atom. The van der Waals surface area contributed by atoms with E-state index in [0.29, 0.717) is 18.3 Å². The maximum Gasteiger partial charge on any atom is 0.272 e. The van der Waals surface area contributed by atoms with Gasteiger partial charge in [0.25, 0.3) is 6.43 Å². The Labute approximate surface area is 122 Å². The molecule has 4 nitrogen and oxygen atoms in total. The third-order valence-electron chi connectivity index (χ3n) is 1.99. The molecule has 0 radical (unpaired) electrons. The Kier molecular flexibility index (Phi) is 8.34. The highest BCUT2D eigenvalue weighted by Crippen LogP contribution is 2.13. The van der Waals surface area contributed by atoms with Crippen LogP contribution in [-0.2, 0) is 6.54 Å². The van der Waals surface area contributed by atoms with Crippen molar-refractivity contribution in [2.75, 3.05) is 13.7 Å². The molecule has 0 heterocycles. The van der Waals surface area contributed by atoms with Crippen LogP contribution in [0.25, 0.3) is 0 Å². The summed E-state index contributed by atoms with van der Waals surface area (Å²) in [6.07, 6.45) is -2.47. The zero-order chi connectivity index (χ0) is 12.7. The van der Waals surface area contributed by atoms with Gasteiger partial charge in [0.1, 0.15) is 12.4 Å². The molecule has 0 amide bonds. The first-order chi connectivity index (χ1) is 8.11. The van der Waals surface area contributed by atoms with Crippen LogP contribution >= 0.6 is 24.0 Å². The number of aliphatic imine (C=N–C) groups is 1. The molecule has 1 aromatic rings. The van der Waals surface area contributed by atoms with Gasteiger partial charge in [-0.2, -0.15) is 0 Å². The number of hydrogen-bond acceptors (Lipinski definition) is 2. The van der Waals surface area contributed by atoms with Crippen LogP contribution in [0.1, 0.15) is 5.56 Å². The fourth-order valence-corrected chi connectivity index (χ4v) is 1.18. The minimum absolute atomic E-state index is 0. The fraction of sp³-hybridized carbons (Fsp3) is 0.364. The largest absolute Gasteiger partial charge is 0.488 e. The fourth-order valence-electron chi connectivity index (χ4n) is 1.18. The van der Waals surface area contributed by atoms with Gasteiger partial charge in [-0.15, -0.1) is 24.0 Å². The number of nitrogens with two attached hydrogens (primary N) is 1. The lowest BCUT2D eigenvalue weighted by Gasteiger charge is -2.08. The average molecular weight is 371 g/mol. The van der Waals surface area contributed by atoms with Gasteiger partial charge in [0.15, 0.2) is 5.96 Å². The molecule has 0 aliphatic carbocycles. The number of benzene rings is 1. The van der Waals surface area contributed by atoms with E-state index in [1.54, 1.807) is 25.2 Å². The summed E-state index contributed by atoms with van der Waals surface area (Å²) in [6.45, 7) is -0.134. The number of ether oxygens (including phenoxy) is 1. The summed E-state index contributed by atoms with van der Waals surface area (Å²) in [5.41, 5.74) is 6.34. The zero-order valence-corrected chi connectivity index (χ0v) is 12.2. The highest BCUT2D eigenvalue weighted by atomic mass is 127. The second-order valence-electron chi connectivity index (χ2n) is 3.31. The number of guanidine groups is 1. The normalized spacial score (nSPS) is 11.0. The smallest absolute Gasteiger partial charge is 0.272 e. The van der Waals surface area contributed by atoms with Crippen LogP contribution < -0.4 is 15.8 Å². The second kappa shape index (κ2) is 8.90. The predicted octanol–water partition coefficient (Wildman–Crippen LogP) is 1.98. The number of halogens is 3. The van der Waals surface area contributed by atoms with Gasteiger partial charge in [0, 0.05) is 13.6 Å². The first-order valence-corrected chi connectivity index (χ1v) is 5.08. The molecule has 18 heavy (non-hydrogen) atoms. The van der Waals surface area contributed by atoms with E-state index in [0.717, 1.165) is 5.56 Å². The van der Waals surface area contributed by atoms with Gasteiger partial charge in [-0.05, 0) is 17.7 Å². The van der Waals surface area contributed by atoms with Crippen molar-refractivity contribution in [3.05, 3.63) is 29.8 Å². The maximum absolute atomic E-state index is 12.0. The van der Waals surface area contributed by atoms with Crippen molar-refractivity contribution in [3.8, 4) is 5.75 Å². The SMILES string of the molecule is CN=C(N)NCc1cccc(OCC(F)F)c1.I. The Hall–Kier alpha value is -1.12. The Balaban J connectivity index is 0.00000289. The first-order valence-electron chi connectivity index (χ1n) is 5.08. The molecular weight excluding hydrogens is 355 g/mol. The summed E-state index contributed by atoms with van der Waals surface area (Å²) in [4.78, 5) is 3.74. The van der Waals surface area contributed by atoms with Gasteiger partial charge in [-0.25, -0.2) is 8.78 Å². The van der Waals surface area contributed by atoms with Crippen molar-refractivity contribution in [1.29, 1.82) is 0 Å². The first kappa shape index (κ1) is 16.9. The van der Waals surface area contributed by atoms with Crippen molar-refractivity contribution in [2.45, 2.75) is 13.0 Å². The van der Waals surface area contributed by atoms with E-state index in [-0.39, 0.29) is 24.0 Å². The summed E-state index contributed by atoms with van der Waals surface area (Å²) < 4.78 is 28.8. The van der Waals surface area contributed by atoms with E-state index in [9.17, 15) is 8.78 Å². The van der Waals surface area contributed by atoms with Crippen LogP contribution in [0.4, 0.5) is 8.78 Å². The molecule has 0 aliphatic rings. The number of nitrogens with zero attached hydrogens (tertiary/aromatic N) is 1. The lowest BCUT2D eigenvalue weighted by molar-refractivity contribution is 0.0818. The van der Waals surface area contributed by atoms with E-state index < -0.39 is 13.0 Å². The summed E-state index contributed by atoms with van der Waals surface area (Å²) in [7, 11) is 1.57. The number of nitrogens with one attached hydrogen (secondary N) is 1. The molecule has 1 rings (SSSR count). The highest BCUT2D eigenvalue weighted by Gasteiger charge is 2.04. The number of alkyl halides is 2. The predicted molar refractivity (Wildman–Crippen MR) is 77.7 cm³/mol. The van der Waals surface area contributed by atoms with Crippen LogP contribution in [0.2, 0.25) is 0 Å². The topological polar surface area (TPSA) is 59.6 Å². The van der Waals surface area contributed by atoms with Gasteiger partial charge in [0.2, 0.25) is 0 Å². The van der Waals surface area contributed by atoms with Gasteiger partial charge in [0.05, 0.1) is 0 Å². The molecule has 0 spiro atoms. The van der Waals surface area contributed by atoms with E-state index in [1.807, 2.05) is 6.07 Å². The summed E-state index contributed by atoms with van der Waals surface area (Å²) in [5.74, 6) is 0.737. The van der Waals surface area contributed by atoms with E-state index in [1.165, 1.54) is 0 Å². The van der Waals surface area contributed by atoms with Crippen LogP contribution in [0, 0.1) is 0 Å². The Morgan fingerprint density at radius 2 is 2.22 bits per heavy atom. The van der Waals surface area contributed by atoms with Crippen LogP contribution in [0.5, 0.6) is 5.75 Å². The molecule has 0 atom stereocenters. The van der Waals surface area contributed by atoms with Crippen molar-refractivity contribution >= 4 is 29.9 Å². The van der Waals surface area contributed by atoms with E-state index >= 15 is 0 Å². The molecule has 0 saturated carbocycles. The minimum Gasteiger partial charge on any atom is -0.488 e. The third-order valence-corrected chi connectivity index (χ3v) is 1.99. The zero-order valence-electron chi connectivity index (χ0n) is 9.90. The summed E-state index contributed by atoms with van der Waals surface area (Å²) in [5, 5.41) is 2.86. The van der Waals surface area contributed by atoms with Gasteiger partial charge < -0.3 is 15.8 Å². The van der Waals surface area contributed by atoms with Crippen LogP contribution in [-0.4, -0.2) is 26.0 Å². The molecule has 7 heteroatoms. The molecule has 0 unspecified atom stereocenters. The van der Waals surface area contributed by atoms with Crippen LogP contribution in [0.15, 0.2) is 29.3 Å². The van der Waals surface area contributed by atoms with Crippen molar-refractivity contribution < 1.29 is 13.5 Å². The molecule has 0 bridgehead atoms. The molecule has 0 aliphatic heterocycles. The lowest BCUT2D eigenvalue weighted by Crippen LogP contribution is -2.30.